The molecule has 3 nitrogen and oxygen atoms in total. The van der Waals surface area contributed by atoms with Crippen LogP contribution in [0.3, 0.4) is 0 Å². The smallest absolute Gasteiger partial charge is 0.343 e. The lowest BCUT2D eigenvalue weighted by Crippen LogP contribution is -2.51. The highest BCUT2D eigenvalue weighted by Crippen LogP contribution is 2.23. The van der Waals surface area contributed by atoms with Crippen LogP contribution in [0.5, 0.6) is 0 Å². The monoisotopic (exact) mass is 260 g/mol. The van der Waals surface area contributed by atoms with Gasteiger partial charge in [0.15, 0.2) is 0 Å². The molecular weight excluding hydrogens is 245 g/mol. The minimum absolute atomic E-state index is 0.303. The summed E-state index contributed by atoms with van der Waals surface area (Å²) in [6, 6.07) is 5.29. The molecule has 0 aliphatic carbocycles. The van der Waals surface area contributed by atoms with E-state index in [4.69, 9.17) is 5.73 Å². The van der Waals surface area contributed by atoms with Crippen LogP contribution >= 0.6 is 0 Å². The molecule has 0 saturated carbocycles. The van der Waals surface area contributed by atoms with Crippen molar-refractivity contribution in [2.45, 2.75) is 31.6 Å². The van der Waals surface area contributed by atoms with Gasteiger partial charge in [-0.05, 0) is 12.5 Å². The van der Waals surface area contributed by atoms with Crippen molar-refractivity contribution in [3.8, 4) is 0 Å². The van der Waals surface area contributed by atoms with E-state index in [2.05, 4.69) is 0 Å². The number of rotatable bonds is 4. The number of hydrogen-bond acceptors (Lipinski definition) is 2. The van der Waals surface area contributed by atoms with Crippen molar-refractivity contribution in [1.29, 1.82) is 0 Å². The van der Waals surface area contributed by atoms with Gasteiger partial charge in [0.2, 0.25) is 5.91 Å². The van der Waals surface area contributed by atoms with Crippen molar-refractivity contribution in [3.05, 3.63) is 35.9 Å². The molecule has 1 unspecified atom stereocenters. The lowest BCUT2D eigenvalue weighted by atomic mass is 10.1. The molecule has 0 aliphatic rings. The van der Waals surface area contributed by atoms with Crippen molar-refractivity contribution in [2.24, 2.45) is 5.73 Å². The van der Waals surface area contributed by atoms with Gasteiger partial charge in [0.05, 0.1) is 6.04 Å². The zero-order valence-electron chi connectivity index (χ0n) is 9.87. The second kappa shape index (κ2) is 5.86. The fraction of sp³-hybridized carbons (Fsp3) is 0.417. The van der Waals surface area contributed by atoms with E-state index in [0.717, 1.165) is 0 Å². The summed E-state index contributed by atoms with van der Waals surface area (Å²) in [6.45, 7) is 1.34. The van der Waals surface area contributed by atoms with E-state index >= 15 is 0 Å². The van der Waals surface area contributed by atoms with Crippen LogP contribution in [0.4, 0.5) is 13.2 Å². The minimum atomic E-state index is -4.50. The molecule has 0 heterocycles. The lowest BCUT2D eigenvalue weighted by molar-refractivity contribution is -0.161. The number of benzene rings is 1. The Bertz CT molecular complexity index is 390. The SMILES string of the molecule is C[C@H](N)C(=O)NC(Cc1ccccc1)C(F)(F)F. The van der Waals surface area contributed by atoms with Crippen molar-refractivity contribution < 1.29 is 18.0 Å². The predicted molar refractivity (Wildman–Crippen MR) is 61.8 cm³/mol. The number of carbonyl (C=O) groups excluding carboxylic acids is 1. The molecule has 0 fully saturated rings. The number of nitrogens with two attached hydrogens (primary N) is 1. The molecular formula is C12H15F3N2O. The average molecular weight is 260 g/mol. The Balaban J connectivity index is 2.77. The normalized spacial score (nSPS) is 14.9. The summed E-state index contributed by atoms with van der Waals surface area (Å²) >= 11 is 0. The fourth-order valence-electron chi connectivity index (χ4n) is 1.40. The first-order valence-corrected chi connectivity index (χ1v) is 5.47. The number of alkyl halides is 3. The Morgan fingerprint density at radius 2 is 1.89 bits per heavy atom. The van der Waals surface area contributed by atoms with E-state index < -0.39 is 24.2 Å². The first kappa shape index (κ1) is 14.5. The highest BCUT2D eigenvalue weighted by Gasteiger charge is 2.40. The number of halogens is 3. The summed E-state index contributed by atoms with van der Waals surface area (Å²) in [6.07, 6.45) is -4.80. The third-order valence-electron chi connectivity index (χ3n) is 2.41. The molecule has 0 spiro atoms. The first-order valence-electron chi connectivity index (χ1n) is 5.47. The van der Waals surface area contributed by atoms with Crippen LogP contribution < -0.4 is 11.1 Å². The summed E-state index contributed by atoms with van der Waals surface area (Å²) in [4.78, 5) is 11.3. The number of nitrogens with one attached hydrogen (secondary N) is 1. The molecule has 0 bridgehead atoms. The van der Waals surface area contributed by atoms with Gasteiger partial charge >= 0.3 is 6.18 Å². The van der Waals surface area contributed by atoms with Crippen LogP contribution in [-0.2, 0) is 11.2 Å². The summed E-state index contributed by atoms with van der Waals surface area (Å²) in [7, 11) is 0. The molecule has 2 atom stereocenters. The highest BCUT2D eigenvalue weighted by atomic mass is 19.4. The zero-order valence-corrected chi connectivity index (χ0v) is 9.87. The Kier molecular flexibility index (Phi) is 4.72. The minimum Gasteiger partial charge on any atom is -0.343 e. The molecule has 0 aromatic heterocycles. The van der Waals surface area contributed by atoms with E-state index in [9.17, 15) is 18.0 Å². The topological polar surface area (TPSA) is 55.1 Å². The van der Waals surface area contributed by atoms with Crippen molar-refractivity contribution in [1.82, 2.24) is 5.32 Å². The maximum Gasteiger partial charge on any atom is 0.408 e. The molecule has 0 saturated heterocycles. The Morgan fingerprint density at radius 3 is 2.33 bits per heavy atom. The summed E-state index contributed by atoms with van der Waals surface area (Å²) in [5.74, 6) is -0.812. The summed E-state index contributed by atoms with van der Waals surface area (Å²) in [5, 5.41) is 1.92. The van der Waals surface area contributed by atoms with Crippen LogP contribution in [0.15, 0.2) is 30.3 Å². The third kappa shape index (κ3) is 4.37. The van der Waals surface area contributed by atoms with Crippen LogP contribution in [-0.4, -0.2) is 24.2 Å². The summed E-state index contributed by atoms with van der Waals surface area (Å²) < 4.78 is 38.3. The fourth-order valence-corrected chi connectivity index (χ4v) is 1.40. The quantitative estimate of drug-likeness (QED) is 0.864. The maximum atomic E-state index is 12.8. The Labute approximate surface area is 103 Å². The molecule has 100 valence electrons. The van der Waals surface area contributed by atoms with Crippen molar-refractivity contribution in [2.75, 3.05) is 0 Å². The molecule has 0 aliphatic heterocycles. The van der Waals surface area contributed by atoms with Crippen LogP contribution in [0.1, 0.15) is 12.5 Å². The third-order valence-corrected chi connectivity index (χ3v) is 2.41. The summed E-state index contributed by atoms with van der Waals surface area (Å²) in [5.41, 5.74) is 5.75. The molecule has 1 aromatic carbocycles. The van der Waals surface area contributed by atoms with Crippen LogP contribution in [0.25, 0.3) is 0 Å². The molecule has 6 heteroatoms. The molecule has 3 N–H and O–H groups in total. The van der Waals surface area contributed by atoms with E-state index in [0.29, 0.717) is 5.56 Å². The molecule has 1 rings (SSSR count). The number of amides is 1. The Morgan fingerprint density at radius 1 is 1.33 bits per heavy atom. The van der Waals surface area contributed by atoms with Gasteiger partial charge in [-0.15, -0.1) is 0 Å². The zero-order chi connectivity index (χ0) is 13.8. The number of carbonyl (C=O) groups is 1. The van der Waals surface area contributed by atoms with Crippen molar-refractivity contribution in [3.63, 3.8) is 0 Å². The standard InChI is InChI=1S/C12H15F3N2O/c1-8(16)11(18)17-10(12(13,14)15)7-9-5-3-2-4-6-9/h2-6,8,10H,7,16H2,1H3,(H,17,18)/t8-,10?/m0/s1. The first-order chi connectivity index (χ1) is 8.30. The van der Waals surface area contributed by atoms with E-state index in [-0.39, 0.29) is 6.42 Å². The van der Waals surface area contributed by atoms with E-state index in [1.165, 1.54) is 6.92 Å². The van der Waals surface area contributed by atoms with Gasteiger partial charge < -0.3 is 11.1 Å². The van der Waals surface area contributed by atoms with Gasteiger partial charge in [-0.3, -0.25) is 4.79 Å². The second-order valence-corrected chi connectivity index (χ2v) is 4.08. The number of hydrogen-bond donors (Lipinski definition) is 2. The van der Waals surface area contributed by atoms with Gasteiger partial charge in [-0.1, -0.05) is 30.3 Å². The van der Waals surface area contributed by atoms with Gasteiger partial charge in [0.25, 0.3) is 0 Å². The van der Waals surface area contributed by atoms with Crippen LogP contribution in [0.2, 0.25) is 0 Å². The predicted octanol–water partition coefficient (Wildman–Crippen LogP) is 1.62. The van der Waals surface area contributed by atoms with Gasteiger partial charge in [0.1, 0.15) is 6.04 Å². The van der Waals surface area contributed by atoms with Crippen LogP contribution in [0, 0.1) is 0 Å². The lowest BCUT2D eigenvalue weighted by Gasteiger charge is -2.22. The van der Waals surface area contributed by atoms with Gasteiger partial charge in [-0.2, -0.15) is 13.2 Å². The van der Waals surface area contributed by atoms with E-state index in [1.54, 1.807) is 30.3 Å². The van der Waals surface area contributed by atoms with E-state index in [1.807, 2.05) is 5.32 Å². The van der Waals surface area contributed by atoms with Crippen molar-refractivity contribution >= 4 is 5.91 Å². The molecule has 18 heavy (non-hydrogen) atoms. The second-order valence-electron chi connectivity index (χ2n) is 4.08. The molecule has 1 aromatic rings. The highest BCUT2D eigenvalue weighted by molar-refractivity contribution is 5.81. The van der Waals surface area contributed by atoms with Gasteiger partial charge in [-0.25, -0.2) is 0 Å². The largest absolute Gasteiger partial charge is 0.408 e. The average Bonchev–Trinajstić information content (AvgIpc) is 2.28. The van der Waals surface area contributed by atoms with Gasteiger partial charge in [0, 0.05) is 6.42 Å². The Hall–Kier alpha value is -1.56. The molecule has 1 amide bonds. The maximum absolute atomic E-state index is 12.8. The molecule has 0 radical (unpaired) electrons.